The summed E-state index contributed by atoms with van der Waals surface area (Å²) in [6.07, 6.45) is 1.53. The molecular weight excluding hydrogens is 254 g/mol. The summed E-state index contributed by atoms with van der Waals surface area (Å²) in [5, 5.41) is 0. The van der Waals surface area contributed by atoms with Crippen LogP contribution in [0.15, 0.2) is 36.7 Å². The van der Waals surface area contributed by atoms with Crippen molar-refractivity contribution in [2.75, 3.05) is 7.11 Å². The minimum Gasteiger partial charge on any atom is -0.491 e. The summed E-state index contributed by atoms with van der Waals surface area (Å²) >= 11 is 0. The summed E-state index contributed by atoms with van der Waals surface area (Å²) in [5.41, 5.74) is 7.87. The quantitative estimate of drug-likeness (QED) is 0.905. The molecule has 1 unspecified atom stereocenters. The molecular formula is C15H19N3O2. The Morgan fingerprint density at radius 1 is 1.15 bits per heavy atom. The van der Waals surface area contributed by atoms with Gasteiger partial charge in [0, 0.05) is 11.6 Å². The number of benzene rings is 1. The number of nitrogens with two attached hydrogens (primary N) is 1. The van der Waals surface area contributed by atoms with Gasteiger partial charge in [-0.2, -0.15) is 0 Å². The Balaban J connectivity index is 2.34. The number of rotatable bonds is 5. The molecule has 0 fully saturated rings. The van der Waals surface area contributed by atoms with Crippen LogP contribution >= 0.6 is 0 Å². The standard InChI is InChI=1S/C15H19N3O2/c1-10(2)20-13-7-5-4-6-11(13)15(16)12-8-14(19-3)18-9-17-12/h4-10,15H,16H2,1-3H3. The molecule has 1 aromatic carbocycles. The van der Waals surface area contributed by atoms with Gasteiger partial charge >= 0.3 is 0 Å². The fourth-order valence-electron chi connectivity index (χ4n) is 1.89. The van der Waals surface area contributed by atoms with Crippen molar-refractivity contribution in [3.63, 3.8) is 0 Å². The second-order valence-corrected chi connectivity index (χ2v) is 4.67. The Hall–Kier alpha value is -2.14. The molecule has 0 bridgehead atoms. The molecule has 0 amide bonds. The maximum absolute atomic E-state index is 6.29. The predicted octanol–water partition coefficient (Wildman–Crippen LogP) is 2.32. The highest BCUT2D eigenvalue weighted by atomic mass is 16.5. The lowest BCUT2D eigenvalue weighted by Gasteiger charge is -2.18. The summed E-state index contributed by atoms with van der Waals surface area (Å²) < 4.78 is 10.9. The van der Waals surface area contributed by atoms with Gasteiger partial charge in [0.25, 0.3) is 0 Å². The number of para-hydroxylation sites is 1. The highest BCUT2D eigenvalue weighted by Crippen LogP contribution is 2.28. The van der Waals surface area contributed by atoms with Gasteiger partial charge in [0.15, 0.2) is 0 Å². The fourth-order valence-corrected chi connectivity index (χ4v) is 1.89. The lowest BCUT2D eigenvalue weighted by Crippen LogP contribution is -2.17. The molecule has 1 atom stereocenters. The molecule has 2 N–H and O–H groups in total. The van der Waals surface area contributed by atoms with Gasteiger partial charge in [0.1, 0.15) is 12.1 Å². The van der Waals surface area contributed by atoms with Gasteiger partial charge in [-0.15, -0.1) is 0 Å². The number of aromatic nitrogens is 2. The third-order valence-corrected chi connectivity index (χ3v) is 2.81. The molecule has 5 nitrogen and oxygen atoms in total. The summed E-state index contributed by atoms with van der Waals surface area (Å²) in [7, 11) is 1.56. The molecule has 0 saturated heterocycles. The third-order valence-electron chi connectivity index (χ3n) is 2.81. The molecule has 0 aliphatic carbocycles. The zero-order valence-electron chi connectivity index (χ0n) is 11.9. The van der Waals surface area contributed by atoms with Gasteiger partial charge in [-0.1, -0.05) is 18.2 Å². The first-order chi connectivity index (χ1) is 9.61. The van der Waals surface area contributed by atoms with Crippen molar-refractivity contribution in [3.8, 4) is 11.6 Å². The summed E-state index contributed by atoms with van der Waals surface area (Å²) in [5.74, 6) is 1.26. The van der Waals surface area contributed by atoms with E-state index in [0.29, 0.717) is 11.6 Å². The molecule has 1 aromatic heterocycles. The lowest BCUT2D eigenvalue weighted by atomic mass is 10.0. The molecule has 2 rings (SSSR count). The average molecular weight is 273 g/mol. The fraction of sp³-hybridized carbons (Fsp3) is 0.333. The van der Waals surface area contributed by atoms with Crippen LogP contribution in [-0.4, -0.2) is 23.2 Å². The zero-order valence-corrected chi connectivity index (χ0v) is 11.9. The van der Waals surface area contributed by atoms with Crippen LogP contribution in [0.2, 0.25) is 0 Å². The molecule has 2 aromatic rings. The molecule has 5 heteroatoms. The minimum atomic E-state index is -0.387. The van der Waals surface area contributed by atoms with Gasteiger partial charge in [-0.3, -0.25) is 0 Å². The van der Waals surface area contributed by atoms with E-state index in [2.05, 4.69) is 9.97 Å². The van der Waals surface area contributed by atoms with E-state index in [1.807, 2.05) is 38.1 Å². The average Bonchev–Trinajstić information content (AvgIpc) is 2.46. The maximum atomic E-state index is 6.29. The SMILES string of the molecule is COc1cc(C(N)c2ccccc2OC(C)C)ncn1. The van der Waals surface area contributed by atoms with E-state index in [0.717, 1.165) is 11.3 Å². The molecule has 1 heterocycles. The number of hydrogen-bond acceptors (Lipinski definition) is 5. The first kappa shape index (κ1) is 14.3. The summed E-state index contributed by atoms with van der Waals surface area (Å²) in [4.78, 5) is 8.20. The van der Waals surface area contributed by atoms with Crippen LogP contribution in [0.25, 0.3) is 0 Å². The Labute approximate surface area is 118 Å². The Morgan fingerprint density at radius 3 is 2.60 bits per heavy atom. The second-order valence-electron chi connectivity index (χ2n) is 4.67. The highest BCUT2D eigenvalue weighted by Gasteiger charge is 2.16. The number of methoxy groups -OCH3 is 1. The van der Waals surface area contributed by atoms with Crippen molar-refractivity contribution in [1.82, 2.24) is 9.97 Å². The van der Waals surface area contributed by atoms with Gasteiger partial charge < -0.3 is 15.2 Å². The van der Waals surface area contributed by atoms with Crippen LogP contribution in [-0.2, 0) is 0 Å². The van der Waals surface area contributed by atoms with Gasteiger partial charge in [-0.25, -0.2) is 9.97 Å². The Kier molecular flexibility index (Phi) is 4.53. The van der Waals surface area contributed by atoms with Crippen LogP contribution in [0.4, 0.5) is 0 Å². The molecule has 0 aliphatic heterocycles. The van der Waals surface area contributed by atoms with Crippen LogP contribution in [0.1, 0.15) is 31.1 Å². The van der Waals surface area contributed by atoms with Crippen LogP contribution in [0.5, 0.6) is 11.6 Å². The molecule has 106 valence electrons. The molecule has 20 heavy (non-hydrogen) atoms. The molecule has 0 saturated carbocycles. The summed E-state index contributed by atoms with van der Waals surface area (Å²) in [6.45, 7) is 3.96. The number of nitrogens with zero attached hydrogens (tertiary/aromatic N) is 2. The number of hydrogen-bond donors (Lipinski definition) is 1. The van der Waals surface area contributed by atoms with Crippen LogP contribution in [0.3, 0.4) is 0 Å². The number of ether oxygens (including phenoxy) is 2. The Morgan fingerprint density at radius 2 is 1.90 bits per heavy atom. The van der Waals surface area contributed by atoms with Crippen molar-refractivity contribution in [2.45, 2.75) is 26.0 Å². The predicted molar refractivity (Wildman–Crippen MR) is 76.8 cm³/mol. The minimum absolute atomic E-state index is 0.0864. The van der Waals surface area contributed by atoms with E-state index in [1.165, 1.54) is 6.33 Å². The first-order valence-electron chi connectivity index (χ1n) is 6.49. The van der Waals surface area contributed by atoms with Crippen molar-refractivity contribution >= 4 is 0 Å². The molecule has 0 spiro atoms. The van der Waals surface area contributed by atoms with E-state index < -0.39 is 0 Å². The summed E-state index contributed by atoms with van der Waals surface area (Å²) in [6, 6.07) is 9.05. The van der Waals surface area contributed by atoms with E-state index in [-0.39, 0.29) is 12.1 Å². The van der Waals surface area contributed by atoms with Crippen molar-refractivity contribution in [2.24, 2.45) is 5.73 Å². The van der Waals surface area contributed by atoms with Gasteiger partial charge in [-0.05, 0) is 19.9 Å². The van der Waals surface area contributed by atoms with Crippen molar-refractivity contribution in [3.05, 3.63) is 47.9 Å². The van der Waals surface area contributed by atoms with Crippen molar-refractivity contribution < 1.29 is 9.47 Å². The second kappa shape index (κ2) is 6.34. The largest absolute Gasteiger partial charge is 0.491 e. The highest BCUT2D eigenvalue weighted by molar-refractivity contribution is 5.40. The van der Waals surface area contributed by atoms with E-state index >= 15 is 0 Å². The van der Waals surface area contributed by atoms with Gasteiger partial charge in [0.05, 0.1) is 24.9 Å². The van der Waals surface area contributed by atoms with Gasteiger partial charge in [0.2, 0.25) is 5.88 Å². The molecule has 0 aliphatic rings. The Bertz CT molecular complexity index is 573. The topological polar surface area (TPSA) is 70.3 Å². The first-order valence-corrected chi connectivity index (χ1v) is 6.49. The van der Waals surface area contributed by atoms with Crippen LogP contribution in [0, 0.1) is 0 Å². The van der Waals surface area contributed by atoms with E-state index in [4.69, 9.17) is 15.2 Å². The van der Waals surface area contributed by atoms with E-state index in [9.17, 15) is 0 Å². The normalized spacial score (nSPS) is 12.2. The van der Waals surface area contributed by atoms with Crippen LogP contribution < -0.4 is 15.2 Å². The smallest absolute Gasteiger partial charge is 0.216 e. The lowest BCUT2D eigenvalue weighted by molar-refractivity contribution is 0.239. The monoisotopic (exact) mass is 273 g/mol. The third kappa shape index (κ3) is 3.24. The zero-order chi connectivity index (χ0) is 14.5. The molecule has 0 radical (unpaired) electrons. The van der Waals surface area contributed by atoms with E-state index in [1.54, 1.807) is 13.2 Å². The van der Waals surface area contributed by atoms with Crippen molar-refractivity contribution in [1.29, 1.82) is 0 Å². The maximum Gasteiger partial charge on any atom is 0.216 e.